The molecule has 0 spiro atoms. The summed E-state index contributed by atoms with van der Waals surface area (Å²) in [5.41, 5.74) is -0.566. The van der Waals surface area contributed by atoms with Gasteiger partial charge in [-0.1, -0.05) is 6.92 Å². The maximum absolute atomic E-state index is 12.4. The number of carbonyl (C=O) groups is 2. The van der Waals surface area contributed by atoms with Gasteiger partial charge in [-0.3, -0.25) is 9.69 Å². The van der Waals surface area contributed by atoms with Gasteiger partial charge < -0.3 is 14.7 Å². The Hall–Kier alpha value is -1.30. The average Bonchev–Trinajstić information content (AvgIpc) is 2.45. The van der Waals surface area contributed by atoms with E-state index in [0.717, 1.165) is 31.8 Å². The van der Waals surface area contributed by atoms with Crippen molar-refractivity contribution in [3.05, 3.63) is 0 Å². The molecule has 1 amide bonds. The zero-order chi connectivity index (χ0) is 17.2. The summed E-state index contributed by atoms with van der Waals surface area (Å²) in [4.78, 5) is 27.8. The highest BCUT2D eigenvalue weighted by molar-refractivity contribution is 5.73. The second-order valence-electron chi connectivity index (χ2n) is 8.03. The first-order chi connectivity index (χ1) is 10.7. The number of carboxylic acids is 1. The topological polar surface area (TPSA) is 70.1 Å². The highest BCUT2D eigenvalue weighted by atomic mass is 16.6. The molecule has 2 aliphatic rings. The van der Waals surface area contributed by atoms with Gasteiger partial charge in [-0.05, 0) is 59.0 Å². The van der Waals surface area contributed by atoms with Crippen molar-refractivity contribution in [3.63, 3.8) is 0 Å². The van der Waals surface area contributed by atoms with Crippen molar-refractivity contribution in [2.24, 2.45) is 11.8 Å². The first-order valence-corrected chi connectivity index (χ1v) is 8.60. The fraction of sp³-hybridized carbons (Fsp3) is 0.882. The van der Waals surface area contributed by atoms with Gasteiger partial charge in [-0.25, -0.2) is 4.79 Å². The number of piperidine rings is 2. The average molecular weight is 326 g/mol. The van der Waals surface area contributed by atoms with E-state index in [1.807, 2.05) is 20.8 Å². The van der Waals surface area contributed by atoms with E-state index in [1.165, 1.54) is 0 Å². The van der Waals surface area contributed by atoms with E-state index in [9.17, 15) is 14.7 Å². The molecule has 0 aromatic rings. The van der Waals surface area contributed by atoms with Gasteiger partial charge in [-0.2, -0.15) is 0 Å². The summed E-state index contributed by atoms with van der Waals surface area (Å²) >= 11 is 0. The monoisotopic (exact) mass is 326 g/mol. The van der Waals surface area contributed by atoms with Gasteiger partial charge >= 0.3 is 12.1 Å². The molecular formula is C17H30N2O4. The van der Waals surface area contributed by atoms with Gasteiger partial charge in [0, 0.05) is 19.1 Å². The Labute approximate surface area is 138 Å². The molecule has 2 fully saturated rings. The lowest BCUT2D eigenvalue weighted by Gasteiger charge is -2.43. The molecule has 0 aromatic carbocycles. The van der Waals surface area contributed by atoms with Gasteiger partial charge in [0.1, 0.15) is 5.60 Å². The van der Waals surface area contributed by atoms with Crippen molar-refractivity contribution >= 4 is 12.1 Å². The Bertz CT molecular complexity index is 438. The summed E-state index contributed by atoms with van der Waals surface area (Å²) in [6.45, 7) is 10.5. The number of carboxylic acid groups (broad SMARTS) is 1. The lowest BCUT2D eigenvalue weighted by molar-refractivity contribution is -0.144. The molecule has 1 N–H and O–H groups in total. The molecule has 6 heteroatoms. The smallest absolute Gasteiger partial charge is 0.410 e. The van der Waals surface area contributed by atoms with Crippen LogP contribution < -0.4 is 0 Å². The van der Waals surface area contributed by atoms with Crippen LogP contribution >= 0.6 is 0 Å². The van der Waals surface area contributed by atoms with Gasteiger partial charge in [0.2, 0.25) is 0 Å². The highest BCUT2D eigenvalue weighted by Gasteiger charge is 2.38. The third-order valence-electron chi connectivity index (χ3n) is 4.76. The van der Waals surface area contributed by atoms with Gasteiger partial charge in [0.15, 0.2) is 0 Å². The van der Waals surface area contributed by atoms with Crippen LogP contribution in [0, 0.1) is 11.8 Å². The Morgan fingerprint density at radius 2 is 1.74 bits per heavy atom. The zero-order valence-electron chi connectivity index (χ0n) is 14.7. The molecule has 0 radical (unpaired) electrons. The van der Waals surface area contributed by atoms with E-state index in [0.29, 0.717) is 13.0 Å². The summed E-state index contributed by atoms with van der Waals surface area (Å²) < 4.78 is 5.43. The van der Waals surface area contributed by atoms with Gasteiger partial charge in [0.25, 0.3) is 0 Å². The number of aliphatic carboxylic acids is 1. The molecule has 0 aromatic heterocycles. The predicted molar refractivity (Wildman–Crippen MR) is 87.3 cm³/mol. The molecule has 2 rings (SSSR count). The quantitative estimate of drug-likeness (QED) is 0.844. The highest BCUT2D eigenvalue weighted by Crippen LogP contribution is 2.26. The minimum atomic E-state index is -0.825. The SMILES string of the molecule is CC1CCN(C2CC(C(=O)O)CN(C(=O)OC(C)(C)C)C2)CC1. The number of amides is 1. The van der Waals surface area contributed by atoms with Crippen molar-refractivity contribution < 1.29 is 19.4 Å². The lowest BCUT2D eigenvalue weighted by atomic mass is 9.90. The number of hydrogen-bond acceptors (Lipinski definition) is 4. The third kappa shape index (κ3) is 5.09. The molecule has 132 valence electrons. The minimum absolute atomic E-state index is 0.116. The number of hydrogen-bond donors (Lipinski definition) is 1. The largest absolute Gasteiger partial charge is 0.481 e. The fourth-order valence-electron chi connectivity index (χ4n) is 3.39. The van der Waals surface area contributed by atoms with E-state index in [4.69, 9.17) is 4.74 Å². The maximum atomic E-state index is 12.4. The van der Waals surface area contributed by atoms with Crippen LogP contribution in [0.3, 0.4) is 0 Å². The van der Waals surface area contributed by atoms with E-state index >= 15 is 0 Å². The molecule has 2 unspecified atom stereocenters. The second-order valence-corrected chi connectivity index (χ2v) is 8.03. The van der Waals surface area contributed by atoms with Crippen molar-refractivity contribution in [2.45, 2.75) is 58.6 Å². The van der Waals surface area contributed by atoms with Crippen LogP contribution in [0.15, 0.2) is 0 Å². The Morgan fingerprint density at radius 1 is 1.13 bits per heavy atom. The fourth-order valence-corrected chi connectivity index (χ4v) is 3.39. The standard InChI is InChI=1S/C17H30N2O4/c1-12-5-7-18(8-6-12)14-9-13(15(20)21)10-19(11-14)16(22)23-17(2,3)4/h12-14H,5-11H2,1-4H3,(H,20,21). The van der Waals surface area contributed by atoms with E-state index in [1.54, 1.807) is 4.90 Å². The van der Waals surface area contributed by atoms with E-state index in [-0.39, 0.29) is 12.6 Å². The van der Waals surface area contributed by atoms with Crippen LogP contribution in [0.5, 0.6) is 0 Å². The van der Waals surface area contributed by atoms with E-state index in [2.05, 4.69) is 11.8 Å². The van der Waals surface area contributed by atoms with Crippen LogP contribution in [0.4, 0.5) is 4.79 Å². The summed E-state index contributed by atoms with van der Waals surface area (Å²) in [5.74, 6) is -0.610. The second kappa shape index (κ2) is 7.07. The molecule has 2 atom stereocenters. The van der Waals surface area contributed by atoms with Crippen LogP contribution in [-0.2, 0) is 9.53 Å². The predicted octanol–water partition coefficient (Wildman–Crippen LogP) is 2.43. The summed E-state index contributed by atoms with van der Waals surface area (Å²) in [6.07, 6.45) is 2.49. The van der Waals surface area contributed by atoms with Crippen LogP contribution in [-0.4, -0.2) is 64.8 Å². The number of carbonyl (C=O) groups excluding carboxylic acids is 1. The minimum Gasteiger partial charge on any atom is -0.481 e. The normalized spacial score (nSPS) is 27.7. The molecule has 23 heavy (non-hydrogen) atoms. The van der Waals surface area contributed by atoms with Crippen molar-refractivity contribution in [2.75, 3.05) is 26.2 Å². The third-order valence-corrected chi connectivity index (χ3v) is 4.76. The first kappa shape index (κ1) is 18.0. The van der Waals surface area contributed by atoms with Gasteiger partial charge in [0.05, 0.1) is 5.92 Å². The van der Waals surface area contributed by atoms with E-state index < -0.39 is 23.6 Å². The molecular weight excluding hydrogens is 296 g/mol. The first-order valence-electron chi connectivity index (χ1n) is 8.60. The van der Waals surface area contributed by atoms with Crippen LogP contribution in [0.1, 0.15) is 47.0 Å². The number of likely N-dealkylation sites (tertiary alicyclic amines) is 2. The Balaban J connectivity index is 2.05. The molecule has 2 heterocycles. The number of nitrogens with zero attached hydrogens (tertiary/aromatic N) is 2. The Kier molecular flexibility index (Phi) is 5.55. The summed E-state index contributed by atoms with van der Waals surface area (Å²) in [6, 6.07) is 0.116. The number of rotatable bonds is 2. The van der Waals surface area contributed by atoms with Crippen LogP contribution in [0.25, 0.3) is 0 Å². The molecule has 0 aliphatic carbocycles. The van der Waals surface area contributed by atoms with Crippen LogP contribution in [0.2, 0.25) is 0 Å². The maximum Gasteiger partial charge on any atom is 0.410 e. The molecule has 2 saturated heterocycles. The molecule has 0 saturated carbocycles. The van der Waals surface area contributed by atoms with Gasteiger partial charge in [-0.15, -0.1) is 0 Å². The lowest BCUT2D eigenvalue weighted by Crippen LogP contribution is -2.56. The zero-order valence-corrected chi connectivity index (χ0v) is 14.7. The number of ether oxygens (including phenoxy) is 1. The van der Waals surface area contributed by atoms with Crippen molar-refractivity contribution in [1.82, 2.24) is 9.80 Å². The molecule has 6 nitrogen and oxygen atoms in total. The van der Waals surface area contributed by atoms with Crippen molar-refractivity contribution in [3.8, 4) is 0 Å². The molecule has 0 bridgehead atoms. The molecule has 2 aliphatic heterocycles. The summed E-state index contributed by atoms with van der Waals surface area (Å²) in [5, 5.41) is 9.43. The van der Waals surface area contributed by atoms with Crippen molar-refractivity contribution in [1.29, 1.82) is 0 Å². The Morgan fingerprint density at radius 3 is 2.26 bits per heavy atom. The summed E-state index contributed by atoms with van der Waals surface area (Å²) in [7, 11) is 0.